The Hall–Kier alpha value is -0.730. The summed E-state index contributed by atoms with van der Waals surface area (Å²) < 4.78 is 0. The number of halogens is 1. The average molecular weight is 253 g/mol. The number of nitrogen functional groups attached to an aromatic ring is 1. The summed E-state index contributed by atoms with van der Waals surface area (Å²) in [4.78, 5) is 2.51. The van der Waals surface area contributed by atoms with E-state index in [1.807, 2.05) is 18.2 Å². The maximum atomic E-state index is 5.99. The molecule has 2 nitrogen and oxygen atoms in total. The smallest absolute Gasteiger partial charge is 0.0426 e. The molecule has 2 N–H and O–H groups in total. The van der Waals surface area contributed by atoms with Crippen molar-refractivity contribution in [3.63, 3.8) is 0 Å². The average Bonchev–Trinajstić information content (AvgIpc) is 2.33. The van der Waals surface area contributed by atoms with Gasteiger partial charge in [0.05, 0.1) is 0 Å². The van der Waals surface area contributed by atoms with Gasteiger partial charge in [0, 0.05) is 23.8 Å². The molecule has 94 valence electrons. The van der Waals surface area contributed by atoms with Crippen LogP contribution in [0.15, 0.2) is 18.2 Å². The molecule has 1 aromatic carbocycles. The maximum absolute atomic E-state index is 5.99. The van der Waals surface area contributed by atoms with Crippen molar-refractivity contribution in [3.05, 3.63) is 28.8 Å². The van der Waals surface area contributed by atoms with Crippen LogP contribution in [0.2, 0.25) is 5.02 Å². The van der Waals surface area contributed by atoms with Crippen LogP contribution in [-0.2, 0) is 6.54 Å². The number of benzene rings is 1. The molecule has 0 saturated carbocycles. The Labute approximate surface area is 109 Å². The number of hydrogen-bond acceptors (Lipinski definition) is 2. The Morgan fingerprint density at radius 2 is 2.29 bits per heavy atom. The highest BCUT2D eigenvalue weighted by Gasteiger charge is 2.18. The van der Waals surface area contributed by atoms with Gasteiger partial charge in [0.2, 0.25) is 0 Å². The SMILES string of the molecule is CCC1CCCN(Cc2ccc(Cl)cc2N)C1. The van der Waals surface area contributed by atoms with E-state index in [9.17, 15) is 0 Å². The Balaban J connectivity index is 2.00. The van der Waals surface area contributed by atoms with Crippen LogP contribution in [0.3, 0.4) is 0 Å². The van der Waals surface area contributed by atoms with E-state index in [2.05, 4.69) is 11.8 Å². The van der Waals surface area contributed by atoms with Crippen LogP contribution in [0.5, 0.6) is 0 Å². The van der Waals surface area contributed by atoms with Crippen molar-refractivity contribution in [3.8, 4) is 0 Å². The summed E-state index contributed by atoms with van der Waals surface area (Å²) in [5, 5.41) is 0.719. The second-order valence-corrected chi connectivity index (χ2v) is 5.43. The standard InChI is InChI=1S/C14H21ClN2/c1-2-11-4-3-7-17(9-11)10-12-5-6-13(15)8-14(12)16/h5-6,8,11H,2-4,7,9-10,16H2,1H3. The predicted molar refractivity (Wildman–Crippen MR) is 74.2 cm³/mol. The topological polar surface area (TPSA) is 29.3 Å². The molecule has 1 aromatic rings. The van der Waals surface area contributed by atoms with Crippen molar-refractivity contribution < 1.29 is 0 Å². The molecule has 1 saturated heterocycles. The van der Waals surface area contributed by atoms with Crippen LogP contribution >= 0.6 is 11.6 Å². The first-order valence-corrected chi connectivity index (χ1v) is 6.83. The highest BCUT2D eigenvalue weighted by molar-refractivity contribution is 6.30. The van der Waals surface area contributed by atoms with Gasteiger partial charge in [-0.15, -0.1) is 0 Å². The minimum absolute atomic E-state index is 0.719. The highest BCUT2D eigenvalue weighted by Crippen LogP contribution is 2.24. The van der Waals surface area contributed by atoms with Gasteiger partial charge < -0.3 is 5.73 Å². The van der Waals surface area contributed by atoms with Crippen LogP contribution in [0.4, 0.5) is 5.69 Å². The fourth-order valence-electron chi connectivity index (χ4n) is 2.58. The molecular formula is C14H21ClN2. The molecule has 1 aliphatic heterocycles. The van der Waals surface area contributed by atoms with Crippen molar-refractivity contribution in [1.29, 1.82) is 0 Å². The lowest BCUT2D eigenvalue weighted by atomic mass is 9.95. The summed E-state index contributed by atoms with van der Waals surface area (Å²) in [7, 11) is 0. The first-order valence-electron chi connectivity index (χ1n) is 6.45. The van der Waals surface area contributed by atoms with Crippen molar-refractivity contribution in [2.24, 2.45) is 5.92 Å². The largest absolute Gasteiger partial charge is 0.398 e. The molecule has 3 heteroatoms. The number of anilines is 1. The van der Waals surface area contributed by atoms with Crippen LogP contribution < -0.4 is 5.73 Å². The fourth-order valence-corrected chi connectivity index (χ4v) is 2.76. The van der Waals surface area contributed by atoms with Gasteiger partial charge in [0.15, 0.2) is 0 Å². The molecule has 0 radical (unpaired) electrons. The molecule has 1 aliphatic rings. The first-order chi connectivity index (χ1) is 8.19. The summed E-state index contributed by atoms with van der Waals surface area (Å²) in [5.41, 5.74) is 8.01. The predicted octanol–water partition coefficient (Wildman–Crippen LogP) is 3.54. The van der Waals surface area contributed by atoms with Gasteiger partial charge in [-0.05, 0) is 43.0 Å². The van der Waals surface area contributed by atoms with E-state index in [-0.39, 0.29) is 0 Å². The summed E-state index contributed by atoms with van der Waals surface area (Å²) in [6, 6.07) is 5.82. The normalized spacial score (nSPS) is 21.6. The summed E-state index contributed by atoms with van der Waals surface area (Å²) >= 11 is 5.91. The summed E-state index contributed by atoms with van der Waals surface area (Å²) in [6.45, 7) is 5.64. The molecule has 0 bridgehead atoms. The van der Waals surface area contributed by atoms with Crippen molar-refractivity contribution in [2.45, 2.75) is 32.7 Å². The fraction of sp³-hybridized carbons (Fsp3) is 0.571. The van der Waals surface area contributed by atoms with Gasteiger partial charge in [-0.1, -0.05) is 31.0 Å². The number of likely N-dealkylation sites (tertiary alicyclic amines) is 1. The highest BCUT2D eigenvalue weighted by atomic mass is 35.5. The third-order valence-corrected chi connectivity index (χ3v) is 3.92. The lowest BCUT2D eigenvalue weighted by Crippen LogP contribution is -2.34. The second kappa shape index (κ2) is 5.74. The van der Waals surface area contributed by atoms with E-state index in [0.29, 0.717) is 0 Å². The minimum Gasteiger partial charge on any atom is -0.398 e. The molecule has 1 fully saturated rings. The molecule has 0 aliphatic carbocycles. The van der Waals surface area contributed by atoms with Crippen molar-refractivity contribution in [2.75, 3.05) is 18.8 Å². The van der Waals surface area contributed by atoms with E-state index >= 15 is 0 Å². The van der Waals surface area contributed by atoms with Gasteiger partial charge >= 0.3 is 0 Å². The van der Waals surface area contributed by atoms with Crippen molar-refractivity contribution in [1.82, 2.24) is 4.90 Å². The lowest BCUT2D eigenvalue weighted by molar-refractivity contribution is 0.165. The monoisotopic (exact) mass is 252 g/mol. The van der Waals surface area contributed by atoms with Crippen LogP contribution in [0, 0.1) is 5.92 Å². The number of nitrogens with two attached hydrogens (primary N) is 1. The zero-order valence-electron chi connectivity index (χ0n) is 10.5. The molecule has 2 rings (SSSR count). The number of rotatable bonds is 3. The van der Waals surface area contributed by atoms with Crippen LogP contribution in [0.1, 0.15) is 31.7 Å². The van der Waals surface area contributed by atoms with E-state index in [0.717, 1.165) is 23.2 Å². The quantitative estimate of drug-likeness (QED) is 0.834. The molecule has 0 spiro atoms. The minimum atomic E-state index is 0.719. The van der Waals surface area contributed by atoms with Gasteiger partial charge in [-0.2, -0.15) is 0 Å². The zero-order valence-corrected chi connectivity index (χ0v) is 11.2. The third kappa shape index (κ3) is 3.36. The Morgan fingerprint density at radius 1 is 1.47 bits per heavy atom. The second-order valence-electron chi connectivity index (χ2n) is 4.99. The van der Waals surface area contributed by atoms with Crippen LogP contribution in [-0.4, -0.2) is 18.0 Å². The van der Waals surface area contributed by atoms with Gasteiger partial charge in [0.25, 0.3) is 0 Å². The van der Waals surface area contributed by atoms with Crippen LogP contribution in [0.25, 0.3) is 0 Å². The molecule has 1 heterocycles. The lowest BCUT2D eigenvalue weighted by Gasteiger charge is -2.32. The summed E-state index contributed by atoms with van der Waals surface area (Å²) in [6.07, 6.45) is 3.97. The van der Waals surface area contributed by atoms with E-state index in [1.165, 1.54) is 37.9 Å². The zero-order chi connectivity index (χ0) is 12.3. The molecule has 1 unspecified atom stereocenters. The summed E-state index contributed by atoms with van der Waals surface area (Å²) in [5.74, 6) is 0.859. The third-order valence-electron chi connectivity index (χ3n) is 3.68. The number of hydrogen-bond donors (Lipinski definition) is 1. The maximum Gasteiger partial charge on any atom is 0.0426 e. The van der Waals surface area contributed by atoms with Crippen molar-refractivity contribution >= 4 is 17.3 Å². The number of nitrogens with zero attached hydrogens (tertiary/aromatic N) is 1. The van der Waals surface area contributed by atoms with E-state index < -0.39 is 0 Å². The molecular weight excluding hydrogens is 232 g/mol. The molecule has 0 aromatic heterocycles. The van der Waals surface area contributed by atoms with E-state index in [1.54, 1.807) is 0 Å². The van der Waals surface area contributed by atoms with Gasteiger partial charge in [-0.3, -0.25) is 4.90 Å². The first kappa shape index (κ1) is 12.7. The Kier molecular flexibility index (Phi) is 4.30. The van der Waals surface area contributed by atoms with E-state index in [4.69, 9.17) is 17.3 Å². The molecule has 1 atom stereocenters. The van der Waals surface area contributed by atoms with Gasteiger partial charge in [-0.25, -0.2) is 0 Å². The Morgan fingerprint density at radius 3 is 3.00 bits per heavy atom. The number of piperidine rings is 1. The van der Waals surface area contributed by atoms with Gasteiger partial charge in [0.1, 0.15) is 0 Å². The Bertz CT molecular complexity index is 378. The molecule has 0 amide bonds. The molecule has 17 heavy (non-hydrogen) atoms.